The van der Waals surface area contributed by atoms with Crippen LogP contribution >= 0.6 is 0 Å². The summed E-state index contributed by atoms with van der Waals surface area (Å²) in [4.78, 5) is 27.7. The normalized spacial score (nSPS) is 19.1. The molecular weight excluding hydrogens is 268 g/mol. The first-order valence-corrected chi connectivity index (χ1v) is 6.82. The fraction of sp³-hybridized carbons (Fsp3) is 0.188. The van der Waals surface area contributed by atoms with Crippen molar-refractivity contribution < 1.29 is 14.0 Å². The summed E-state index contributed by atoms with van der Waals surface area (Å²) in [5.41, 5.74) is 2.42. The Balaban J connectivity index is 1.95. The number of carbonyl (C=O) groups is 2. The van der Waals surface area contributed by atoms with Crippen molar-refractivity contribution in [3.05, 3.63) is 42.3 Å². The zero-order chi connectivity index (χ0) is 14.4. The summed E-state index contributed by atoms with van der Waals surface area (Å²) in [6.07, 6.45) is 4.22. The highest BCUT2D eigenvalue weighted by Gasteiger charge is 2.30. The second kappa shape index (κ2) is 4.41. The third kappa shape index (κ3) is 1.81. The van der Waals surface area contributed by atoms with E-state index >= 15 is 0 Å². The smallest absolute Gasteiger partial charge is 0.234 e. The topological polar surface area (TPSA) is 72.2 Å². The lowest BCUT2D eigenvalue weighted by Gasteiger charge is -2.20. The van der Waals surface area contributed by atoms with Crippen LogP contribution in [0.2, 0.25) is 0 Å². The van der Waals surface area contributed by atoms with Crippen molar-refractivity contribution in [1.29, 1.82) is 0 Å². The number of amides is 2. The van der Waals surface area contributed by atoms with Crippen LogP contribution in [0, 0.1) is 0 Å². The summed E-state index contributed by atoms with van der Waals surface area (Å²) in [5.74, 6) is -0.819. The molecule has 4 rings (SSSR count). The Morgan fingerprint density at radius 2 is 2.14 bits per heavy atom. The molecule has 0 spiro atoms. The predicted molar refractivity (Wildman–Crippen MR) is 76.6 cm³/mol. The summed E-state index contributed by atoms with van der Waals surface area (Å²) in [7, 11) is 0. The van der Waals surface area contributed by atoms with Crippen LogP contribution in [-0.2, 0) is 9.59 Å². The van der Waals surface area contributed by atoms with Gasteiger partial charge in [-0.05, 0) is 24.6 Å². The number of furan rings is 1. The highest BCUT2D eigenvalue weighted by Crippen LogP contribution is 2.36. The minimum absolute atomic E-state index is 0.212. The van der Waals surface area contributed by atoms with Crippen LogP contribution < -0.4 is 5.32 Å². The Kier molecular flexibility index (Phi) is 2.54. The van der Waals surface area contributed by atoms with E-state index < -0.39 is 0 Å². The van der Waals surface area contributed by atoms with E-state index in [1.807, 2.05) is 24.3 Å². The van der Waals surface area contributed by atoms with Gasteiger partial charge in [-0.3, -0.25) is 19.9 Å². The second-order valence-electron chi connectivity index (χ2n) is 5.20. The lowest BCUT2D eigenvalue weighted by atomic mass is 9.89. The molecule has 0 bridgehead atoms. The number of hydrogen-bond acceptors (Lipinski definition) is 4. The second-order valence-corrected chi connectivity index (χ2v) is 5.20. The quantitative estimate of drug-likeness (QED) is 0.695. The van der Waals surface area contributed by atoms with Gasteiger partial charge >= 0.3 is 0 Å². The number of rotatable bonds is 1. The maximum absolute atomic E-state index is 12.1. The largest absolute Gasteiger partial charge is 0.464 e. The maximum atomic E-state index is 12.1. The van der Waals surface area contributed by atoms with Crippen molar-refractivity contribution in [3.8, 4) is 0 Å². The fourth-order valence-corrected chi connectivity index (χ4v) is 2.96. The number of benzene rings is 1. The highest BCUT2D eigenvalue weighted by atomic mass is 16.3. The molecule has 5 heteroatoms. The van der Waals surface area contributed by atoms with E-state index in [-0.39, 0.29) is 17.7 Å². The lowest BCUT2D eigenvalue weighted by Crippen LogP contribution is -2.39. The molecule has 104 valence electrons. The number of pyridine rings is 1. The first-order chi connectivity index (χ1) is 10.2. The molecule has 0 saturated carbocycles. The molecule has 0 aliphatic carbocycles. The molecule has 1 atom stereocenters. The van der Waals surface area contributed by atoms with Gasteiger partial charge in [-0.2, -0.15) is 0 Å². The first kappa shape index (κ1) is 12.1. The van der Waals surface area contributed by atoms with Gasteiger partial charge in [-0.25, -0.2) is 0 Å². The number of piperidine rings is 1. The van der Waals surface area contributed by atoms with Crippen LogP contribution in [0.1, 0.15) is 24.3 Å². The molecule has 5 nitrogen and oxygen atoms in total. The van der Waals surface area contributed by atoms with Gasteiger partial charge in [0.25, 0.3) is 0 Å². The third-order valence-corrected chi connectivity index (χ3v) is 3.96. The van der Waals surface area contributed by atoms with E-state index in [2.05, 4.69) is 10.3 Å². The van der Waals surface area contributed by atoms with Gasteiger partial charge < -0.3 is 4.42 Å². The summed E-state index contributed by atoms with van der Waals surface area (Å²) < 4.78 is 5.59. The number of hydrogen-bond donors (Lipinski definition) is 1. The van der Waals surface area contributed by atoms with Crippen LogP contribution in [0.15, 0.2) is 41.1 Å². The Morgan fingerprint density at radius 1 is 1.24 bits per heavy atom. The van der Waals surface area contributed by atoms with Crippen molar-refractivity contribution in [2.75, 3.05) is 0 Å². The maximum Gasteiger partial charge on any atom is 0.234 e. The summed E-state index contributed by atoms with van der Waals surface area (Å²) in [6, 6.07) is 7.59. The zero-order valence-corrected chi connectivity index (χ0v) is 11.1. The van der Waals surface area contributed by atoms with Gasteiger partial charge in [0, 0.05) is 29.0 Å². The standard InChI is InChI=1S/C16H12N2O3/c19-14-6-3-9(16(20)18-14)11-8-21-13-5-4-12-10(15(11)13)2-1-7-17-12/h1-2,4-5,7-9H,3,6H2,(H,18,19,20)/t9-/m1/s1. The van der Waals surface area contributed by atoms with Crippen molar-refractivity contribution in [2.24, 2.45) is 0 Å². The molecule has 0 unspecified atom stereocenters. The van der Waals surface area contributed by atoms with Crippen LogP contribution in [-0.4, -0.2) is 16.8 Å². The molecule has 2 aromatic heterocycles. The Hall–Kier alpha value is -2.69. The fourth-order valence-electron chi connectivity index (χ4n) is 2.96. The van der Waals surface area contributed by atoms with E-state index in [4.69, 9.17) is 4.42 Å². The van der Waals surface area contributed by atoms with E-state index in [9.17, 15) is 9.59 Å². The molecule has 1 N–H and O–H groups in total. The van der Waals surface area contributed by atoms with Gasteiger partial charge in [0.15, 0.2) is 0 Å². The molecular formula is C16H12N2O3. The number of fused-ring (bicyclic) bond motifs is 3. The van der Waals surface area contributed by atoms with Gasteiger partial charge in [0.1, 0.15) is 5.58 Å². The number of imide groups is 1. The van der Waals surface area contributed by atoms with Crippen molar-refractivity contribution in [3.63, 3.8) is 0 Å². The van der Waals surface area contributed by atoms with Crippen LogP contribution in [0.3, 0.4) is 0 Å². The highest BCUT2D eigenvalue weighted by molar-refractivity contribution is 6.09. The molecule has 1 aromatic carbocycles. The zero-order valence-electron chi connectivity index (χ0n) is 11.1. The summed E-state index contributed by atoms with van der Waals surface area (Å²) in [6.45, 7) is 0. The monoisotopic (exact) mass is 280 g/mol. The number of carbonyl (C=O) groups excluding carboxylic acids is 2. The Morgan fingerprint density at radius 3 is 3.00 bits per heavy atom. The minimum Gasteiger partial charge on any atom is -0.464 e. The third-order valence-electron chi connectivity index (χ3n) is 3.96. The van der Waals surface area contributed by atoms with Gasteiger partial charge in [-0.15, -0.1) is 0 Å². The van der Waals surface area contributed by atoms with E-state index in [0.29, 0.717) is 12.8 Å². The number of nitrogens with zero attached hydrogens (tertiary/aromatic N) is 1. The van der Waals surface area contributed by atoms with Gasteiger partial charge in [-0.1, -0.05) is 6.07 Å². The minimum atomic E-state index is -0.352. The average molecular weight is 280 g/mol. The molecule has 1 saturated heterocycles. The number of nitrogens with one attached hydrogen (secondary N) is 1. The molecule has 3 heterocycles. The summed E-state index contributed by atoms with van der Waals surface area (Å²) in [5, 5.41) is 4.27. The molecule has 3 aromatic rings. The molecule has 21 heavy (non-hydrogen) atoms. The SMILES string of the molecule is O=C1CC[C@H](c2coc3ccc4ncccc4c23)C(=O)N1. The molecule has 1 fully saturated rings. The Bertz CT molecular complexity index is 881. The van der Waals surface area contributed by atoms with Crippen LogP contribution in [0.4, 0.5) is 0 Å². The molecule has 1 aliphatic heterocycles. The lowest BCUT2D eigenvalue weighted by molar-refractivity contribution is -0.134. The molecule has 1 aliphatic rings. The van der Waals surface area contributed by atoms with Crippen molar-refractivity contribution in [2.45, 2.75) is 18.8 Å². The predicted octanol–water partition coefficient (Wildman–Crippen LogP) is 2.50. The van der Waals surface area contributed by atoms with Crippen molar-refractivity contribution in [1.82, 2.24) is 10.3 Å². The van der Waals surface area contributed by atoms with E-state index in [1.54, 1.807) is 12.5 Å². The Labute approximate surface area is 120 Å². The van der Waals surface area contributed by atoms with Crippen LogP contribution in [0.25, 0.3) is 21.9 Å². The average Bonchev–Trinajstić information content (AvgIpc) is 2.91. The number of aromatic nitrogens is 1. The molecule has 2 amide bonds. The van der Waals surface area contributed by atoms with E-state index in [1.165, 1.54) is 0 Å². The van der Waals surface area contributed by atoms with Gasteiger partial charge in [0.05, 0.1) is 17.7 Å². The molecule has 0 radical (unpaired) electrons. The van der Waals surface area contributed by atoms with Crippen molar-refractivity contribution >= 4 is 33.7 Å². The van der Waals surface area contributed by atoms with Crippen LogP contribution in [0.5, 0.6) is 0 Å². The summed E-state index contributed by atoms with van der Waals surface area (Å²) >= 11 is 0. The first-order valence-electron chi connectivity index (χ1n) is 6.82. The van der Waals surface area contributed by atoms with E-state index in [0.717, 1.165) is 27.4 Å². The van der Waals surface area contributed by atoms with Gasteiger partial charge in [0.2, 0.25) is 11.8 Å².